The zero-order valence-electron chi connectivity index (χ0n) is 14.6. The Morgan fingerprint density at radius 3 is 1.79 bits per heavy atom. The fourth-order valence-corrected chi connectivity index (χ4v) is 2.30. The third kappa shape index (κ3) is 4.00. The van der Waals surface area contributed by atoms with Crippen LogP contribution in [0.15, 0.2) is 24.3 Å². The summed E-state index contributed by atoms with van der Waals surface area (Å²) in [6.45, 7) is 2.40. The topological polar surface area (TPSA) is 18.5 Å². The largest absolute Gasteiger partial charge is 0.491 e. The maximum absolute atomic E-state index is 14.2. The van der Waals surface area contributed by atoms with Gasteiger partial charge in [-0.05, 0) is 31.2 Å². The van der Waals surface area contributed by atoms with Gasteiger partial charge in [0.15, 0.2) is 23.1 Å². The van der Waals surface area contributed by atoms with Gasteiger partial charge in [0.25, 0.3) is 5.92 Å². The Hall–Kier alpha value is -2.52. The van der Waals surface area contributed by atoms with Crippen LogP contribution in [0.3, 0.4) is 0 Å². The van der Waals surface area contributed by atoms with Gasteiger partial charge in [0.2, 0.25) is 11.6 Å². The molecule has 2 aromatic rings. The second-order valence-electron chi connectivity index (χ2n) is 5.59. The molecule has 0 fully saturated rings. The van der Waals surface area contributed by atoms with Gasteiger partial charge < -0.3 is 9.47 Å². The molecule has 0 aromatic heterocycles. The molecule has 28 heavy (non-hydrogen) atoms. The van der Waals surface area contributed by atoms with E-state index in [1.54, 1.807) is 0 Å². The molecular formula is C18H14F8O2. The Morgan fingerprint density at radius 1 is 0.714 bits per heavy atom. The molecule has 154 valence electrons. The van der Waals surface area contributed by atoms with Crippen LogP contribution in [0.5, 0.6) is 11.5 Å². The minimum Gasteiger partial charge on any atom is -0.491 e. The summed E-state index contributed by atoms with van der Waals surface area (Å²) >= 11 is 0. The Morgan fingerprint density at radius 2 is 1.21 bits per heavy atom. The summed E-state index contributed by atoms with van der Waals surface area (Å²) in [5.41, 5.74) is -2.96. The molecule has 0 aliphatic carbocycles. The van der Waals surface area contributed by atoms with Gasteiger partial charge in [-0.3, -0.25) is 0 Å². The average Bonchev–Trinajstić information content (AvgIpc) is 2.62. The van der Waals surface area contributed by atoms with Crippen LogP contribution in [0.2, 0.25) is 0 Å². The third-order valence-electron chi connectivity index (χ3n) is 3.78. The van der Waals surface area contributed by atoms with Crippen molar-refractivity contribution in [3.63, 3.8) is 0 Å². The summed E-state index contributed by atoms with van der Waals surface area (Å²) < 4.78 is 120. The highest BCUT2D eigenvalue weighted by atomic mass is 19.3. The number of halogens is 8. The van der Waals surface area contributed by atoms with Gasteiger partial charge in [-0.15, -0.1) is 0 Å². The van der Waals surface area contributed by atoms with Crippen LogP contribution in [-0.2, 0) is 12.0 Å². The van der Waals surface area contributed by atoms with Gasteiger partial charge in [0.05, 0.1) is 12.2 Å². The van der Waals surface area contributed by atoms with E-state index >= 15 is 0 Å². The number of alkyl halides is 4. The van der Waals surface area contributed by atoms with Gasteiger partial charge in [0.1, 0.15) is 5.56 Å². The maximum atomic E-state index is 14.2. The van der Waals surface area contributed by atoms with Crippen molar-refractivity contribution < 1.29 is 44.6 Å². The van der Waals surface area contributed by atoms with Gasteiger partial charge >= 0.3 is 6.11 Å². The van der Waals surface area contributed by atoms with Crippen molar-refractivity contribution >= 4 is 0 Å². The van der Waals surface area contributed by atoms with Crippen molar-refractivity contribution in [3.8, 4) is 11.5 Å². The van der Waals surface area contributed by atoms with Crippen molar-refractivity contribution in [1.82, 2.24) is 0 Å². The van der Waals surface area contributed by atoms with E-state index in [-0.39, 0.29) is 6.61 Å². The molecule has 0 atom stereocenters. The van der Waals surface area contributed by atoms with Crippen LogP contribution >= 0.6 is 0 Å². The number of rotatable bonds is 7. The van der Waals surface area contributed by atoms with Crippen LogP contribution in [0.25, 0.3) is 0 Å². The summed E-state index contributed by atoms with van der Waals surface area (Å²) in [7, 11) is 0. The Kier molecular flexibility index (Phi) is 6.10. The maximum Gasteiger partial charge on any atom is 0.429 e. The molecule has 0 saturated carbocycles. The lowest BCUT2D eigenvalue weighted by molar-refractivity contribution is -0.189. The molecule has 2 rings (SSSR count). The van der Waals surface area contributed by atoms with E-state index < -0.39 is 64.3 Å². The lowest BCUT2D eigenvalue weighted by atomic mass is 10.0. The molecule has 0 aliphatic heterocycles. The summed E-state index contributed by atoms with van der Waals surface area (Å²) in [6, 6.07) is 1.88. The predicted molar refractivity (Wildman–Crippen MR) is 82.6 cm³/mol. The molecule has 0 saturated heterocycles. The quantitative estimate of drug-likeness (QED) is 0.497. The van der Waals surface area contributed by atoms with Gasteiger partial charge in [-0.1, -0.05) is 6.92 Å². The van der Waals surface area contributed by atoms with Crippen molar-refractivity contribution in [2.75, 3.05) is 6.61 Å². The first-order chi connectivity index (χ1) is 13.0. The number of benzene rings is 2. The summed E-state index contributed by atoms with van der Waals surface area (Å²) in [5.74, 6) is -13.8. The Labute approximate surface area is 154 Å². The molecule has 0 amide bonds. The Balaban J connectivity index is 2.42. The van der Waals surface area contributed by atoms with Gasteiger partial charge in [-0.2, -0.15) is 17.6 Å². The zero-order chi connectivity index (χ0) is 21.3. The predicted octanol–water partition coefficient (Wildman–Crippen LogP) is 6.27. The molecule has 0 unspecified atom stereocenters. The molecule has 0 bridgehead atoms. The van der Waals surface area contributed by atoms with E-state index in [1.807, 2.05) is 0 Å². The van der Waals surface area contributed by atoms with Gasteiger partial charge in [0, 0.05) is 6.42 Å². The van der Waals surface area contributed by atoms with Gasteiger partial charge in [-0.25, -0.2) is 17.6 Å². The molecule has 10 heteroatoms. The minimum atomic E-state index is -4.64. The van der Waals surface area contributed by atoms with Crippen LogP contribution < -0.4 is 9.47 Å². The lowest BCUT2D eigenvalue weighted by Crippen LogP contribution is -2.25. The normalized spacial score (nSPS) is 12.2. The lowest BCUT2D eigenvalue weighted by Gasteiger charge is -2.21. The molecule has 2 nitrogen and oxygen atoms in total. The molecule has 0 aliphatic rings. The van der Waals surface area contributed by atoms with E-state index in [0.29, 0.717) is 24.3 Å². The van der Waals surface area contributed by atoms with Crippen LogP contribution in [-0.4, -0.2) is 6.61 Å². The minimum absolute atomic E-state index is 0.0676. The van der Waals surface area contributed by atoms with Crippen molar-refractivity contribution in [1.29, 1.82) is 0 Å². The monoisotopic (exact) mass is 414 g/mol. The molecule has 0 spiro atoms. The summed E-state index contributed by atoms with van der Waals surface area (Å²) in [5, 5.41) is 0. The smallest absolute Gasteiger partial charge is 0.429 e. The standard InChI is InChI=1S/C18H14F8O2/c1-3-17(23,24)9-5-8-12(16(22)13(9)19)28-18(25,26)10-6-7-11(27-4-2)15(21)14(10)20/h5-8H,3-4H2,1-2H3. The van der Waals surface area contributed by atoms with Crippen molar-refractivity contribution in [2.45, 2.75) is 32.3 Å². The highest BCUT2D eigenvalue weighted by Crippen LogP contribution is 2.40. The first kappa shape index (κ1) is 21.8. The fraction of sp³-hybridized carbons (Fsp3) is 0.333. The average molecular weight is 414 g/mol. The highest BCUT2D eigenvalue weighted by Gasteiger charge is 2.41. The Bertz CT molecular complexity index is 867. The fourth-order valence-electron chi connectivity index (χ4n) is 2.30. The summed E-state index contributed by atoms with van der Waals surface area (Å²) in [6.07, 6.45) is -5.51. The molecule has 0 radical (unpaired) electrons. The first-order valence-corrected chi connectivity index (χ1v) is 8.00. The SMILES string of the molecule is CCOc1ccc(C(F)(F)Oc2ccc(C(F)(F)CC)c(F)c2F)c(F)c1F. The van der Waals surface area contributed by atoms with Crippen LogP contribution in [0.4, 0.5) is 35.1 Å². The summed E-state index contributed by atoms with van der Waals surface area (Å²) in [4.78, 5) is 0. The highest BCUT2D eigenvalue weighted by molar-refractivity contribution is 5.36. The van der Waals surface area contributed by atoms with Crippen LogP contribution in [0, 0.1) is 23.3 Å². The van der Waals surface area contributed by atoms with E-state index in [2.05, 4.69) is 4.74 Å². The molecule has 2 aromatic carbocycles. The van der Waals surface area contributed by atoms with Crippen molar-refractivity contribution in [3.05, 3.63) is 58.7 Å². The molecule has 0 heterocycles. The van der Waals surface area contributed by atoms with E-state index in [4.69, 9.17) is 4.74 Å². The van der Waals surface area contributed by atoms with Crippen molar-refractivity contribution in [2.24, 2.45) is 0 Å². The van der Waals surface area contributed by atoms with E-state index in [1.165, 1.54) is 6.92 Å². The number of ether oxygens (including phenoxy) is 2. The number of hydrogen-bond donors (Lipinski definition) is 0. The zero-order valence-corrected chi connectivity index (χ0v) is 14.6. The number of hydrogen-bond acceptors (Lipinski definition) is 2. The second-order valence-corrected chi connectivity index (χ2v) is 5.59. The van der Waals surface area contributed by atoms with Crippen LogP contribution in [0.1, 0.15) is 31.4 Å². The van der Waals surface area contributed by atoms with E-state index in [9.17, 15) is 35.1 Å². The van der Waals surface area contributed by atoms with E-state index in [0.717, 1.165) is 6.92 Å². The molecule has 0 N–H and O–H groups in total. The second kappa shape index (κ2) is 7.84. The first-order valence-electron chi connectivity index (χ1n) is 8.00. The molecular weight excluding hydrogens is 400 g/mol. The third-order valence-corrected chi connectivity index (χ3v) is 3.78.